The Balaban J connectivity index is 2.11. The quantitative estimate of drug-likeness (QED) is 0.591. The highest BCUT2D eigenvalue weighted by Gasteiger charge is 2.28. The van der Waals surface area contributed by atoms with Crippen molar-refractivity contribution in [3.8, 4) is 0 Å². The molecule has 1 unspecified atom stereocenters. The fourth-order valence-corrected chi connectivity index (χ4v) is 3.12. The van der Waals surface area contributed by atoms with Crippen LogP contribution in [0.3, 0.4) is 0 Å². The van der Waals surface area contributed by atoms with E-state index in [2.05, 4.69) is 5.32 Å². The largest absolute Gasteiger partial charge is 0.379 e. The van der Waals surface area contributed by atoms with Crippen molar-refractivity contribution < 1.29 is 14.3 Å². The van der Waals surface area contributed by atoms with Gasteiger partial charge in [-0.25, -0.2) is 0 Å². The summed E-state index contributed by atoms with van der Waals surface area (Å²) in [5.74, 6) is -0.252. The van der Waals surface area contributed by atoms with Gasteiger partial charge >= 0.3 is 0 Å². The van der Waals surface area contributed by atoms with Crippen LogP contribution in [-0.2, 0) is 27.3 Å². The topological polar surface area (TPSA) is 58.6 Å². The van der Waals surface area contributed by atoms with Gasteiger partial charge in [-0.15, -0.1) is 0 Å². The summed E-state index contributed by atoms with van der Waals surface area (Å²) in [5.41, 5.74) is 2.02. The average molecular weight is 397 g/mol. The number of carbonyl (C=O) groups excluding carboxylic acids is 2. The van der Waals surface area contributed by atoms with E-state index >= 15 is 0 Å². The molecule has 0 radical (unpaired) electrons. The van der Waals surface area contributed by atoms with Crippen molar-refractivity contribution in [2.45, 2.75) is 52.3 Å². The summed E-state index contributed by atoms with van der Waals surface area (Å²) in [7, 11) is 0. The zero-order valence-corrected chi connectivity index (χ0v) is 17.6. The minimum atomic E-state index is -0.568. The van der Waals surface area contributed by atoms with Gasteiger partial charge < -0.3 is 15.0 Å². The van der Waals surface area contributed by atoms with Gasteiger partial charge in [-0.1, -0.05) is 60.7 Å². The van der Waals surface area contributed by atoms with E-state index in [0.717, 1.165) is 17.5 Å². The highest BCUT2D eigenvalue weighted by Crippen LogP contribution is 2.14. The predicted octanol–water partition coefficient (Wildman–Crippen LogP) is 3.58. The van der Waals surface area contributed by atoms with Crippen LogP contribution in [0.25, 0.3) is 0 Å². The Labute approximate surface area is 174 Å². The van der Waals surface area contributed by atoms with Gasteiger partial charge in [-0.05, 0) is 31.4 Å². The molecule has 0 spiro atoms. The van der Waals surface area contributed by atoms with Crippen molar-refractivity contribution in [3.63, 3.8) is 0 Å². The van der Waals surface area contributed by atoms with Crippen LogP contribution >= 0.6 is 0 Å². The molecule has 0 saturated carbocycles. The van der Waals surface area contributed by atoms with Crippen molar-refractivity contribution >= 4 is 11.8 Å². The highest BCUT2D eigenvalue weighted by atomic mass is 16.5. The van der Waals surface area contributed by atoms with Crippen LogP contribution in [0, 0.1) is 0 Å². The van der Waals surface area contributed by atoms with E-state index in [1.54, 1.807) is 4.90 Å². The number of rotatable bonds is 11. The van der Waals surface area contributed by atoms with E-state index in [1.807, 2.05) is 74.5 Å². The molecule has 5 heteroatoms. The molecule has 0 bridgehead atoms. The van der Waals surface area contributed by atoms with Gasteiger partial charge in [0.2, 0.25) is 11.8 Å². The lowest BCUT2D eigenvalue weighted by molar-refractivity contribution is -0.139. The van der Waals surface area contributed by atoms with Gasteiger partial charge in [0.15, 0.2) is 0 Å². The molecule has 0 saturated heterocycles. The summed E-state index contributed by atoms with van der Waals surface area (Å²) in [6.07, 6.45) is 1.39. The minimum absolute atomic E-state index is 0.118. The summed E-state index contributed by atoms with van der Waals surface area (Å²) >= 11 is 0. The molecule has 2 aromatic rings. The lowest BCUT2D eigenvalue weighted by atomic mass is 10.0. The predicted molar refractivity (Wildman–Crippen MR) is 115 cm³/mol. The molecular weight excluding hydrogens is 364 g/mol. The monoisotopic (exact) mass is 396 g/mol. The molecule has 2 aromatic carbocycles. The van der Waals surface area contributed by atoms with E-state index in [1.165, 1.54) is 6.92 Å². The fourth-order valence-electron chi connectivity index (χ4n) is 3.12. The van der Waals surface area contributed by atoms with Crippen molar-refractivity contribution in [1.82, 2.24) is 10.2 Å². The number of carbonyl (C=O) groups is 2. The average Bonchev–Trinajstić information content (AvgIpc) is 2.71. The van der Waals surface area contributed by atoms with Gasteiger partial charge in [0, 0.05) is 33.0 Å². The Morgan fingerprint density at radius 2 is 1.55 bits per heavy atom. The van der Waals surface area contributed by atoms with Crippen molar-refractivity contribution in [2.24, 2.45) is 0 Å². The van der Waals surface area contributed by atoms with E-state index in [4.69, 9.17) is 4.74 Å². The summed E-state index contributed by atoms with van der Waals surface area (Å²) in [6, 6.07) is 19.0. The lowest BCUT2D eigenvalue weighted by Crippen LogP contribution is -2.50. The summed E-state index contributed by atoms with van der Waals surface area (Å²) in [5, 5.41) is 2.99. The Morgan fingerprint density at radius 1 is 0.966 bits per heavy atom. The van der Waals surface area contributed by atoms with E-state index in [0.29, 0.717) is 26.1 Å². The first kappa shape index (κ1) is 22.6. The molecule has 29 heavy (non-hydrogen) atoms. The van der Waals surface area contributed by atoms with Crippen LogP contribution in [0.15, 0.2) is 60.7 Å². The van der Waals surface area contributed by atoms with Crippen molar-refractivity contribution in [1.29, 1.82) is 0 Å². The normalized spacial score (nSPS) is 11.9. The lowest BCUT2D eigenvalue weighted by Gasteiger charge is -2.30. The second-order valence-corrected chi connectivity index (χ2v) is 7.40. The third kappa shape index (κ3) is 8.08. The van der Waals surface area contributed by atoms with Crippen LogP contribution < -0.4 is 5.32 Å². The fraction of sp³-hybridized carbons (Fsp3) is 0.417. The zero-order chi connectivity index (χ0) is 21.1. The molecule has 0 aromatic heterocycles. The van der Waals surface area contributed by atoms with Crippen LogP contribution in [0.2, 0.25) is 0 Å². The number of amides is 2. The first-order chi connectivity index (χ1) is 14.0. The summed E-state index contributed by atoms with van der Waals surface area (Å²) < 4.78 is 5.53. The Kier molecular flexibility index (Phi) is 9.38. The molecule has 0 fully saturated rings. The first-order valence-electron chi connectivity index (χ1n) is 10.2. The second-order valence-electron chi connectivity index (χ2n) is 7.40. The molecule has 5 nitrogen and oxygen atoms in total. The third-order valence-electron chi connectivity index (χ3n) is 4.62. The summed E-state index contributed by atoms with van der Waals surface area (Å²) in [6.45, 7) is 7.02. The smallest absolute Gasteiger partial charge is 0.243 e. The maximum atomic E-state index is 13.0. The van der Waals surface area contributed by atoms with E-state index in [9.17, 15) is 9.59 Å². The van der Waals surface area contributed by atoms with E-state index in [-0.39, 0.29) is 17.9 Å². The maximum Gasteiger partial charge on any atom is 0.243 e. The molecule has 0 aliphatic heterocycles. The van der Waals surface area contributed by atoms with Gasteiger partial charge in [0.1, 0.15) is 6.04 Å². The number of nitrogens with zero attached hydrogens (tertiary/aromatic N) is 1. The Morgan fingerprint density at radius 3 is 2.10 bits per heavy atom. The van der Waals surface area contributed by atoms with Crippen LogP contribution in [-0.4, -0.2) is 42.0 Å². The number of hydrogen-bond acceptors (Lipinski definition) is 3. The number of hydrogen-bond donors (Lipinski definition) is 1. The highest BCUT2D eigenvalue weighted by molar-refractivity contribution is 5.87. The molecule has 0 heterocycles. The number of ether oxygens (including phenoxy) is 1. The van der Waals surface area contributed by atoms with Crippen molar-refractivity contribution in [2.75, 3.05) is 13.2 Å². The summed E-state index contributed by atoms with van der Waals surface area (Å²) in [4.78, 5) is 27.2. The van der Waals surface area contributed by atoms with Crippen molar-refractivity contribution in [3.05, 3.63) is 71.8 Å². The van der Waals surface area contributed by atoms with Gasteiger partial charge in [0.05, 0.1) is 6.10 Å². The molecular formula is C24H32N2O3. The van der Waals surface area contributed by atoms with E-state index < -0.39 is 6.04 Å². The van der Waals surface area contributed by atoms with Crippen LogP contribution in [0.5, 0.6) is 0 Å². The maximum absolute atomic E-state index is 13.0. The second kappa shape index (κ2) is 12.0. The SMILES string of the molecule is CC(=O)N(Cc1ccccc1)C(Cc1ccccc1)C(=O)NCCCOC(C)C. The molecule has 2 rings (SSSR count). The molecule has 2 amide bonds. The minimum Gasteiger partial charge on any atom is -0.379 e. The van der Waals surface area contributed by atoms with Gasteiger partial charge in [-0.2, -0.15) is 0 Å². The third-order valence-corrected chi connectivity index (χ3v) is 4.62. The zero-order valence-electron chi connectivity index (χ0n) is 17.6. The van der Waals surface area contributed by atoms with Crippen LogP contribution in [0.1, 0.15) is 38.3 Å². The molecule has 0 aliphatic rings. The molecule has 1 atom stereocenters. The molecule has 156 valence electrons. The molecule has 0 aliphatic carbocycles. The first-order valence-corrected chi connectivity index (χ1v) is 10.2. The van der Waals surface area contributed by atoms with Gasteiger partial charge in [-0.3, -0.25) is 9.59 Å². The number of benzene rings is 2. The van der Waals surface area contributed by atoms with Crippen LogP contribution in [0.4, 0.5) is 0 Å². The standard InChI is InChI=1S/C24H32N2O3/c1-19(2)29-16-10-15-25-24(28)23(17-21-11-6-4-7-12-21)26(20(3)27)18-22-13-8-5-9-14-22/h4-9,11-14,19,23H,10,15-18H2,1-3H3,(H,25,28). The Hall–Kier alpha value is -2.66. The van der Waals surface area contributed by atoms with Gasteiger partial charge in [0.25, 0.3) is 0 Å². The number of nitrogens with one attached hydrogen (secondary N) is 1. The Bertz CT molecular complexity index is 747. The molecule has 1 N–H and O–H groups in total.